The molecular weight excluding hydrogens is 103 g/mol. The van der Waals surface area contributed by atoms with Gasteiger partial charge in [-0.15, -0.1) is 0 Å². The SMILES string of the molecule is NN.O.[Co]. The van der Waals surface area contributed by atoms with E-state index in [-0.39, 0.29) is 22.3 Å². The van der Waals surface area contributed by atoms with Gasteiger partial charge in [0.2, 0.25) is 0 Å². The molecule has 0 aromatic carbocycles. The van der Waals surface area contributed by atoms with Gasteiger partial charge in [0.05, 0.1) is 0 Å². The van der Waals surface area contributed by atoms with Gasteiger partial charge < -0.3 is 5.48 Å². The van der Waals surface area contributed by atoms with Gasteiger partial charge in [0, 0.05) is 16.8 Å². The summed E-state index contributed by atoms with van der Waals surface area (Å²) in [6.45, 7) is 0. The quantitative estimate of drug-likeness (QED) is 0.278. The minimum atomic E-state index is 0. The topological polar surface area (TPSA) is 83.5 Å². The molecule has 0 bridgehead atoms. The van der Waals surface area contributed by atoms with E-state index >= 15 is 0 Å². The van der Waals surface area contributed by atoms with Crippen molar-refractivity contribution < 1.29 is 22.3 Å². The van der Waals surface area contributed by atoms with Crippen LogP contribution in [0.25, 0.3) is 0 Å². The van der Waals surface area contributed by atoms with E-state index in [9.17, 15) is 0 Å². The summed E-state index contributed by atoms with van der Waals surface area (Å²) in [5.74, 6) is 8.00. The van der Waals surface area contributed by atoms with Crippen LogP contribution in [0.5, 0.6) is 0 Å². The third-order valence-corrected chi connectivity index (χ3v) is 0. The Labute approximate surface area is 34.8 Å². The van der Waals surface area contributed by atoms with Crippen molar-refractivity contribution in [3.05, 3.63) is 0 Å². The third kappa shape index (κ3) is 30.7. The Kier molecular flexibility index (Phi) is 845. The smallest absolute Gasteiger partial charge is 0 e. The van der Waals surface area contributed by atoms with E-state index in [1.807, 2.05) is 0 Å². The molecule has 0 amide bonds. The van der Waals surface area contributed by atoms with Gasteiger partial charge in [-0.25, -0.2) is 0 Å². The van der Waals surface area contributed by atoms with Crippen molar-refractivity contribution in [2.24, 2.45) is 11.7 Å². The molecule has 0 aliphatic rings. The van der Waals surface area contributed by atoms with Crippen LogP contribution >= 0.6 is 0 Å². The van der Waals surface area contributed by atoms with Crippen molar-refractivity contribution in [1.82, 2.24) is 0 Å². The molecular formula is H6CoN2O. The maximum Gasteiger partial charge on any atom is 0 e. The fourth-order valence-electron chi connectivity index (χ4n) is 0. The number of hydrogen-bond donors (Lipinski definition) is 2. The second-order valence-corrected chi connectivity index (χ2v) is 0. The van der Waals surface area contributed by atoms with Gasteiger partial charge in [-0.1, -0.05) is 0 Å². The molecule has 0 spiro atoms. The predicted molar refractivity (Wildman–Crippen MR) is 12.0 cm³/mol. The van der Waals surface area contributed by atoms with Gasteiger partial charge in [-0.05, 0) is 0 Å². The molecule has 31 valence electrons. The van der Waals surface area contributed by atoms with Gasteiger partial charge in [-0.2, -0.15) is 0 Å². The molecule has 3 nitrogen and oxygen atoms in total. The fourth-order valence-corrected chi connectivity index (χ4v) is 0. The Balaban J connectivity index is -0.00000000500. The van der Waals surface area contributed by atoms with Crippen LogP contribution in [0.15, 0.2) is 0 Å². The summed E-state index contributed by atoms with van der Waals surface area (Å²) < 4.78 is 0. The molecule has 0 saturated heterocycles. The minimum Gasteiger partial charge on any atom is -0.412 e. The van der Waals surface area contributed by atoms with E-state index in [1.54, 1.807) is 0 Å². The average Bonchev–Trinajstić information content (AvgIpc) is 1.00. The largest absolute Gasteiger partial charge is 0.412 e. The molecule has 0 rings (SSSR count). The van der Waals surface area contributed by atoms with Gasteiger partial charge in [0.25, 0.3) is 0 Å². The maximum atomic E-state index is 4.00. The molecule has 0 atom stereocenters. The van der Waals surface area contributed by atoms with Crippen LogP contribution in [0.1, 0.15) is 0 Å². The molecule has 0 aromatic heterocycles. The first kappa shape index (κ1) is 26.2. The molecule has 0 saturated carbocycles. The molecule has 4 heteroatoms. The van der Waals surface area contributed by atoms with Crippen molar-refractivity contribution in [2.45, 2.75) is 0 Å². The second-order valence-electron chi connectivity index (χ2n) is 0. The van der Waals surface area contributed by atoms with E-state index < -0.39 is 0 Å². The zero-order valence-corrected chi connectivity index (χ0v) is 3.03. The van der Waals surface area contributed by atoms with Crippen molar-refractivity contribution in [3.63, 3.8) is 0 Å². The van der Waals surface area contributed by atoms with Crippen LogP contribution < -0.4 is 11.7 Å². The maximum absolute atomic E-state index is 4.00. The normalized spacial score (nSPS) is 1.50. The summed E-state index contributed by atoms with van der Waals surface area (Å²) in [6, 6.07) is 0. The first-order chi connectivity index (χ1) is 1.00. The van der Waals surface area contributed by atoms with Crippen molar-refractivity contribution in [1.29, 1.82) is 0 Å². The average molecular weight is 109 g/mol. The monoisotopic (exact) mass is 109 g/mol. The Morgan fingerprint density at radius 2 is 1.00 bits per heavy atom. The summed E-state index contributed by atoms with van der Waals surface area (Å²) in [5, 5.41) is 0. The molecule has 0 aromatic rings. The molecule has 0 heterocycles. The number of hydrazine groups is 1. The van der Waals surface area contributed by atoms with Crippen LogP contribution in [-0.2, 0) is 16.8 Å². The van der Waals surface area contributed by atoms with Crippen molar-refractivity contribution in [3.8, 4) is 0 Å². The Morgan fingerprint density at radius 3 is 1.00 bits per heavy atom. The molecule has 0 fully saturated rings. The van der Waals surface area contributed by atoms with E-state index in [4.69, 9.17) is 0 Å². The van der Waals surface area contributed by atoms with Gasteiger partial charge >= 0.3 is 0 Å². The van der Waals surface area contributed by atoms with Crippen molar-refractivity contribution >= 4 is 0 Å². The van der Waals surface area contributed by atoms with Gasteiger partial charge in [-0.3, -0.25) is 11.7 Å². The number of nitrogens with two attached hydrogens (primary N) is 2. The minimum absolute atomic E-state index is 0. The molecule has 6 N–H and O–H groups in total. The summed E-state index contributed by atoms with van der Waals surface area (Å²) in [4.78, 5) is 0. The van der Waals surface area contributed by atoms with Crippen LogP contribution in [0.4, 0.5) is 0 Å². The van der Waals surface area contributed by atoms with Crippen LogP contribution in [0, 0.1) is 0 Å². The summed E-state index contributed by atoms with van der Waals surface area (Å²) in [7, 11) is 0. The number of hydrogen-bond acceptors (Lipinski definition) is 2. The van der Waals surface area contributed by atoms with E-state index in [0.29, 0.717) is 0 Å². The Morgan fingerprint density at radius 1 is 1.00 bits per heavy atom. The van der Waals surface area contributed by atoms with Gasteiger partial charge in [0.1, 0.15) is 0 Å². The molecule has 0 aliphatic carbocycles. The Bertz CT molecular complexity index is 6.00. The summed E-state index contributed by atoms with van der Waals surface area (Å²) >= 11 is 0. The zero-order valence-electron chi connectivity index (χ0n) is 1.99. The van der Waals surface area contributed by atoms with Gasteiger partial charge in [0.15, 0.2) is 0 Å². The van der Waals surface area contributed by atoms with Crippen LogP contribution in [0.2, 0.25) is 0 Å². The Hall–Kier alpha value is 0.386. The number of rotatable bonds is 0. The van der Waals surface area contributed by atoms with Crippen LogP contribution in [-0.4, -0.2) is 5.48 Å². The van der Waals surface area contributed by atoms with Crippen molar-refractivity contribution in [2.75, 3.05) is 0 Å². The molecule has 1 radical (unpaired) electrons. The fraction of sp³-hybridized carbons (Fsp3) is 0. The summed E-state index contributed by atoms with van der Waals surface area (Å²) in [5.41, 5.74) is 0. The van der Waals surface area contributed by atoms with E-state index in [2.05, 4.69) is 11.7 Å². The van der Waals surface area contributed by atoms with E-state index in [1.165, 1.54) is 0 Å². The first-order valence-corrected chi connectivity index (χ1v) is 0.333. The standard InChI is InChI=1S/Co.H4N2.H2O/c;1-2;/h;1-2H2;1H2. The molecule has 4 heavy (non-hydrogen) atoms. The molecule has 0 unspecified atom stereocenters. The van der Waals surface area contributed by atoms with E-state index in [0.717, 1.165) is 0 Å². The first-order valence-electron chi connectivity index (χ1n) is 0.333. The third-order valence-electron chi connectivity index (χ3n) is 0. The summed E-state index contributed by atoms with van der Waals surface area (Å²) in [6.07, 6.45) is 0. The zero-order chi connectivity index (χ0) is 2.00. The predicted octanol–water partition coefficient (Wildman–Crippen LogP) is -2.01. The van der Waals surface area contributed by atoms with Crippen LogP contribution in [0.3, 0.4) is 0 Å². The second kappa shape index (κ2) is 129. The molecule has 0 aliphatic heterocycles.